The lowest BCUT2D eigenvalue weighted by molar-refractivity contribution is 0.0711. The average Bonchev–Trinajstić information content (AvgIpc) is 3.00. The van der Waals surface area contributed by atoms with Gasteiger partial charge < -0.3 is 9.80 Å². The Labute approximate surface area is 166 Å². The van der Waals surface area contributed by atoms with E-state index in [4.69, 9.17) is 0 Å². The maximum Gasteiger partial charge on any atom is 0.253 e. The average molecular weight is 406 g/mol. The first kappa shape index (κ1) is 20.3. The third kappa shape index (κ3) is 4.20. The molecule has 1 aliphatic rings. The highest BCUT2D eigenvalue weighted by atomic mass is 32.2. The lowest BCUT2D eigenvalue weighted by Crippen LogP contribution is -2.46. The fourth-order valence-electron chi connectivity index (χ4n) is 3.50. The molecule has 1 fully saturated rings. The molecule has 3 rings (SSSR count). The number of hydrogen-bond donors (Lipinski definition) is 2. The van der Waals surface area contributed by atoms with Crippen LogP contribution in [0.4, 0.5) is 5.69 Å². The molecule has 2 heterocycles. The third-order valence-electron chi connectivity index (χ3n) is 5.06. The van der Waals surface area contributed by atoms with Crippen molar-refractivity contribution in [3.05, 3.63) is 41.2 Å². The molecule has 1 aromatic heterocycles. The van der Waals surface area contributed by atoms with E-state index in [9.17, 15) is 13.2 Å². The van der Waals surface area contributed by atoms with Gasteiger partial charge in [-0.1, -0.05) is 0 Å². The number of aromatic nitrogens is 2. The van der Waals surface area contributed by atoms with Crippen LogP contribution in [0.5, 0.6) is 0 Å². The van der Waals surface area contributed by atoms with Gasteiger partial charge in [-0.3, -0.25) is 9.89 Å². The lowest BCUT2D eigenvalue weighted by atomic mass is 10.0. The molecule has 0 unspecified atom stereocenters. The maximum atomic E-state index is 12.7. The molecular weight excluding hydrogens is 378 g/mol. The number of carbonyl (C=O) groups is 1. The summed E-state index contributed by atoms with van der Waals surface area (Å²) >= 11 is 0. The van der Waals surface area contributed by atoms with Crippen LogP contribution >= 0.6 is 0 Å². The third-order valence-corrected chi connectivity index (χ3v) is 6.85. The number of nitrogens with zero attached hydrogens (tertiary/aromatic N) is 3. The number of sulfonamides is 1. The normalized spacial score (nSPS) is 15.6. The van der Waals surface area contributed by atoms with E-state index in [2.05, 4.69) is 14.9 Å². The first-order valence-electron chi connectivity index (χ1n) is 9.29. The molecule has 0 aliphatic carbocycles. The van der Waals surface area contributed by atoms with E-state index in [1.54, 1.807) is 18.7 Å². The summed E-state index contributed by atoms with van der Waals surface area (Å²) in [5.41, 5.74) is 2.67. The summed E-state index contributed by atoms with van der Waals surface area (Å²) in [6.45, 7) is 4.40. The van der Waals surface area contributed by atoms with Crippen LogP contribution in [0.15, 0.2) is 29.2 Å². The smallest absolute Gasteiger partial charge is 0.253 e. The van der Waals surface area contributed by atoms with Crippen LogP contribution in [0.2, 0.25) is 0 Å². The second-order valence-electron chi connectivity index (χ2n) is 7.39. The number of piperidine rings is 1. The standard InChI is InChI=1S/C19H27N5O3S/c1-13-18(14(2)21-20-13)28(26,27)22-16-9-11-24(12-10-16)19(25)15-5-7-17(8-6-15)23(3)4/h5-8,16,22H,9-12H2,1-4H3,(H,20,21). The maximum absolute atomic E-state index is 12.7. The molecule has 0 radical (unpaired) electrons. The quantitative estimate of drug-likeness (QED) is 0.789. The highest BCUT2D eigenvalue weighted by molar-refractivity contribution is 7.89. The van der Waals surface area contributed by atoms with Gasteiger partial charge in [0.05, 0.1) is 11.4 Å². The number of rotatable bonds is 5. The van der Waals surface area contributed by atoms with Crippen molar-refractivity contribution in [2.75, 3.05) is 32.1 Å². The van der Waals surface area contributed by atoms with E-state index in [-0.39, 0.29) is 16.8 Å². The first-order valence-corrected chi connectivity index (χ1v) is 10.8. The van der Waals surface area contributed by atoms with Crippen LogP contribution in [0, 0.1) is 13.8 Å². The van der Waals surface area contributed by atoms with Crippen molar-refractivity contribution in [2.24, 2.45) is 0 Å². The van der Waals surface area contributed by atoms with Crippen LogP contribution in [0.25, 0.3) is 0 Å². The molecular formula is C19H27N5O3S. The van der Waals surface area contributed by atoms with Crippen LogP contribution in [0.3, 0.4) is 0 Å². The summed E-state index contributed by atoms with van der Waals surface area (Å²) in [7, 11) is 0.275. The highest BCUT2D eigenvalue weighted by Gasteiger charge is 2.29. The molecule has 8 nitrogen and oxygen atoms in total. The molecule has 0 saturated carbocycles. The van der Waals surface area contributed by atoms with Gasteiger partial charge in [0.2, 0.25) is 10.0 Å². The predicted octanol–water partition coefficient (Wildman–Crippen LogP) is 1.68. The van der Waals surface area contributed by atoms with E-state index in [1.807, 2.05) is 43.3 Å². The minimum Gasteiger partial charge on any atom is -0.378 e. The number of nitrogens with one attached hydrogen (secondary N) is 2. The van der Waals surface area contributed by atoms with E-state index in [0.29, 0.717) is 42.9 Å². The van der Waals surface area contributed by atoms with Gasteiger partial charge in [0.25, 0.3) is 5.91 Å². The van der Waals surface area contributed by atoms with E-state index in [1.165, 1.54) is 0 Å². The zero-order valence-corrected chi connectivity index (χ0v) is 17.5. The number of aromatic amines is 1. The number of carbonyl (C=O) groups excluding carboxylic acids is 1. The number of H-pyrrole nitrogens is 1. The number of likely N-dealkylation sites (tertiary alicyclic amines) is 1. The molecule has 1 saturated heterocycles. The Hall–Kier alpha value is -2.39. The fraction of sp³-hybridized carbons (Fsp3) is 0.474. The number of benzene rings is 1. The monoisotopic (exact) mass is 405 g/mol. The second-order valence-corrected chi connectivity index (χ2v) is 9.04. The van der Waals surface area contributed by atoms with Crippen molar-refractivity contribution in [3.63, 3.8) is 0 Å². The Balaban J connectivity index is 1.60. The summed E-state index contributed by atoms with van der Waals surface area (Å²) in [6.07, 6.45) is 1.16. The minimum atomic E-state index is -3.63. The summed E-state index contributed by atoms with van der Waals surface area (Å²) in [5.74, 6) is -0.0202. The van der Waals surface area contributed by atoms with Gasteiger partial charge in [-0.2, -0.15) is 5.10 Å². The van der Waals surface area contributed by atoms with Crippen LogP contribution < -0.4 is 9.62 Å². The second kappa shape index (κ2) is 7.92. The molecule has 28 heavy (non-hydrogen) atoms. The van der Waals surface area contributed by atoms with Crippen LogP contribution in [0.1, 0.15) is 34.6 Å². The molecule has 9 heteroatoms. The van der Waals surface area contributed by atoms with Gasteiger partial charge in [0, 0.05) is 44.5 Å². The van der Waals surface area contributed by atoms with Crippen molar-refractivity contribution in [2.45, 2.75) is 37.6 Å². The van der Waals surface area contributed by atoms with E-state index >= 15 is 0 Å². The highest BCUT2D eigenvalue weighted by Crippen LogP contribution is 2.21. The van der Waals surface area contributed by atoms with Gasteiger partial charge >= 0.3 is 0 Å². The van der Waals surface area contributed by atoms with Crippen LogP contribution in [-0.2, 0) is 10.0 Å². The van der Waals surface area contributed by atoms with E-state index < -0.39 is 10.0 Å². The predicted molar refractivity (Wildman–Crippen MR) is 108 cm³/mol. The largest absolute Gasteiger partial charge is 0.378 e. The minimum absolute atomic E-state index is 0.0202. The molecule has 0 spiro atoms. The molecule has 152 valence electrons. The van der Waals surface area contributed by atoms with Crippen LogP contribution in [-0.4, -0.2) is 62.6 Å². The molecule has 1 amide bonds. The SMILES string of the molecule is Cc1n[nH]c(C)c1S(=O)(=O)NC1CCN(C(=O)c2ccc(N(C)C)cc2)CC1. The number of hydrogen-bond acceptors (Lipinski definition) is 5. The number of aryl methyl sites for hydroxylation is 2. The lowest BCUT2D eigenvalue weighted by Gasteiger charge is -2.32. The van der Waals surface area contributed by atoms with Crippen molar-refractivity contribution < 1.29 is 13.2 Å². The van der Waals surface area contributed by atoms with E-state index in [0.717, 1.165) is 5.69 Å². The summed E-state index contributed by atoms with van der Waals surface area (Å²) < 4.78 is 28.1. The Morgan fingerprint density at radius 3 is 2.29 bits per heavy atom. The Bertz CT molecular complexity index is 923. The van der Waals surface area contributed by atoms with Gasteiger partial charge in [-0.05, 0) is 51.0 Å². The number of anilines is 1. The molecule has 0 atom stereocenters. The van der Waals surface area contributed by atoms with Crippen molar-refractivity contribution >= 4 is 21.6 Å². The van der Waals surface area contributed by atoms with Gasteiger partial charge in [0.15, 0.2) is 0 Å². The molecule has 2 N–H and O–H groups in total. The van der Waals surface area contributed by atoms with Gasteiger partial charge in [-0.25, -0.2) is 13.1 Å². The zero-order valence-electron chi connectivity index (χ0n) is 16.7. The topological polar surface area (TPSA) is 98.4 Å². The first-order chi connectivity index (χ1) is 13.2. The molecule has 0 bridgehead atoms. The summed E-state index contributed by atoms with van der Waals surface area (Å²) in [6, 6.07) is 7.31. The van der Waals surface area contributed by atoms with Crippen molar-refractivity contribution in [3.8, 4) is 0 Å². The number of amides is 1. The fourth-order valence-corrected chi connectivity index (χ4v) is 5.18. The molecule has 1 aliphatic heterocycles. The van der Waals surface area contributed by atoms with Gasteiger partial charge in [0.1, 0.15) is 4.90 Å². The van der Waals surface area contributed by atoms with Gasteiger partial charge in [-0.15, -0.1) is 0 Å². The Kier molecular flexibility index (Phi) is 5.76. The summed E-state index contributed by atoms with van der Waals surface area (Å²) in [4.78, 5) is 16.7. The summed E-state index contributed by atoms with van der Waals surface area (Å²) in [5, 5.41) is 6.67. The Morgan fingerprint density at radius 1 is 1.18 bits per heavy atom. The molecule has 2 aromatic rings. The zero-order chi connectivity index (χ0) is 20.5. The van der Waals surface area contributed by atoms with Crippen molar-refractivity contribution in [1.29, 1.82) is 0 Å². The van der Waals surface area contributed by atoms with Crippen molar-refractivity contribution in [1.82, 2.24) is 19.8 Å². The molecule has 1 aromatic carbocycles. The Morgan fingerprint density at radius 2 is 1.79 bits per heavy atom.